The fourth-order valence-electron chi connectivity index (χ4n) is 2.90. The zero-order valence-corrected chi connectivity index (χ0v) is 15.6. The second kappa shape index (κ2) is 7.22. The Morgan fingerprint density at radius 2 is 2.27 bits per heavy atom. The molecule has 0 radical (unpaired) electrons. The molecule has 6 heteroatoms. The van der Waals surface area contributed by atoms with E-state index in [1.165, 1.54) is 5.56 Å². The summed E-state index contributed by atoms with van der Waals surface area (Å²) in [7, 11) is 0. The van der Waals surface area contributed by atoms with Crippen molar-refractivity contribution < 1.29 is 14.6 Å². The Morgan fingerprint density at radius 3 is 2.88 bits per heavy atom. The third-order valence-corrected chi connectivity index (χ3v) is 5.42. The Kier molecular flexibility index (Phi) is 5.01. The zero-order valence-electron chi connectivity index (χ0n) is 14.8. The highest BCUT2D eigenvalue weighted by Gasteiger charge is 2.25. The largest absolute Gasteiger partial charge is 0.492 e. The van der Waals surface area contributed by atoms with Crippen LogP contribution in [0.3, 0.4) is 0 Å². The summed E-state index contributed by atoms with van der Waals surface area (Å²) in [5.41, 5.74) is 4.26. The number of aliphatic carboxylic acids is 1. The van der Waals surface area contributed by atoms with Crippen molar-refractivity contribution in [1.29, 1.82) is 5.26 Å². The quantitative estimate of drug-likeness (QED) is 0.739. The minimum atomic E-state index is -1.06. The van der Waals surface area contributed by atoms with E-state index in [0.29, 0.717) is 30.2 Å². The maximum atomic E-state index is 11.0. The number of benzene rings is 1. The normalized spacial score (nSPS) is 12.4. The number of nitrogens with zero attached hydrogens (tertiary/aromatic N) is 1. The number of thiophene rings is 1. The Morgan fingerprint density at radius 1 is 1.50 bits per heavy atom. The number of rotatable bonds is 6. The second-order valence-electron chi connectivity index (χ2n) is 6.53. The predicted octanol–water partition coefficient (Wildman–Crippen LogP) is 4.40. The summed E-state index contributed by atoms with van der Waals surface area (Å²) in [5, 5.41) is 23.8. The van der Waals surface area contributed by atoms with E-state index in [-0.39, 0.29) is 12.1 Å². The number of carbonyl (C=O) groups is 1. The van der Waals surface area contributed by atoms with Gasteiger partial charge in [0.25, 0.3) is 0 Å². The fraction of sp³-hybridized carbons (Fsp3) is 0.300. The van der Waals surface area contributed by atoms with Gasteiger partial charge in [0.2, 0.25) is 0 Å². The molecule has 1 aliphatic rings. The number of nitrogens with one attached hydrogen (secondary N) is 1. The third kappa shape index (κ3) is 3.31. The molecule has 2 heterocycles. The Labute approximate surface area is 156 Å². The lowest BCUT2D eigenvalue weighted by atomic mass is 9.98. The minimum absolute atomic E-state index is 0.0467. The monoisotopic (exact) mass is 368 g/mol. The van der Waals surface area contributed by atoms with Crippen LogP contribution in [0.1, 0.15) is 36.5 Å². The molecule has 2 aromatic rings. The summed E-state index contributed by atoms with van der Waals surface area (Å²) in [4.78, 5) is 12.1. The lowest BCUT2D eigenvalue weighted by Gasteiger charge is -2.14. The Hall–Kier alpha value is -2.78. The molecule has 3 rings (SSSR count). The van der Waals surface area contributed by atoms with Crippen LogP contribution < -0.4 is 10.1 Å². The number of hydrogen-bond donors (Lipinski definition) is 2. The van der Waals surface area contributed by atoms with Crippen molar-refractivity contribution in [2.24, 2.45) is 0 Å². The smallest absolute Gasteiger partial charge is 0.332 e. The molecule has 0 fully saturated rings. The van der Waals surface area contributed by atoms with Gasteiger partial charge < -0.3 is 15.2 Å². The number of ether oxygens (including phenoxy) is 1. The van der Waals surface area contributed by atoms with Gasteiger partial charge in [0.1, 0.15) is 11.8 Å². The molecular weight excluding hydrogens is 348 g/mol. The van der Waals surface area contributed by atoms with Crippen molar-refractivity contribution in [3.63, 3.8) is 0 Å². The average Bonchev–Trinajstić information content (AvgIpc) is 3.27. The van der Waals surface area contributed by atoms with Crippen LogP contribution in [0.2, 0.25) is 0 Å². The van der Waals surface area contributed by atoms with E-state index in [2.05, 4.69) is 43.3 Å². The molecule has 0 aliphatic carbocycles. The van der Waals surface area contributed by atoms with Crippen molar-refractivity contribution >= 4 is 23.0 Å². The minimum Gasteiger partial charge on any atom is -0.492 e. The number of nitriles is 1. The van der Waals surface area contributed by atoms with Crippen molar-refractivity contribution in [1.82, 2.24) is 0 Å². The first kappa shape index (κ1) is 18.0. The van der Waals surface area contributed by atoms with Gasteiger partial charge in [-0.2, -0.15) is 5.26 Å². The van der Waals surface area contributed by atoms with Crippen LogP contribution in [-0.2, 0) is 11.2 Å². The van der Waals surface area contributed by atoms with Gasteiger partial charge in [-0.15, -0.1) is 11.3 Å². The topological polar surface area (TPSA) is 82.3 Å². The molecule has 0 saturated carbocycles. The third-order valence-electron chi connectivity index (χ3n) is 4.44. The molecule has 1 aromatic carbocycles. The molecule has 0 unspecified atom stereocenters. The Bertz CT molecular complexity index is 922. The molecule has 134 valence electrons. The molecule has 0 saturated heterocycles. The maximum absolute atomic E-state index is 11.0. The molecule has 26 heavy (non-hydrogen) atoms. The summed E-state index contributed by atoms with van der Waals surface area (Å²) in [6, 6.07) is 6.27. The maximum Gasteiger partial charge on any atom is 0.332 e. The molecule has 0 spiro atoms. The van der Waals surface area contributed by atoms with Crippen molar-refractivity contribution in [3.8, 4) is 22.3 Å². The van der Waals surface area contributed by atoms with Gasteiger partial charge in [-0.1, -0.05) is 20.4 Å². The fourth-order valence-corrected chi connectivity index (χ4v) is 3.99. The number of carboxylic acids is 1. The Balaban J connectivity index is 2.06. The van der Waals surface area contributed by atoms with Crippen molar-refractivity contribution in [2.75, 3.05) is 18.5 Å². The average molecular weight is 368 g/mol. The first-order chi connectivity index (χ1) is 12.4. The SMILES string of the molecule is C=C(CNc1cc(-c2cc(C(C)C)cs2)c2c(c1C#N)CCO2)C(=O)O. The van der Waals surface area contributed by atoms with E-state index in [0.717, 1.165) is 21.8 Å². The number of carboxylic acid groups (broad SMARTS) is 1. The van der Waals surface area contributed by atoms with Crippen LogP contribution in [0.15, 0.2) is 29.7 Å². The highest BCUT2D eigenvalue weighted by Crippen LogP contribution is 2.44. The number of hydrogen-bond acceptors (Lipinski definition) is 5. The van der Waals surface area contributed by atoms with Gasteiger partial charge >= 0.3 is 5.97 Å². The van der Waals surface area contributed by atoms with E-state index < -0.39 is 5.97 Å². The molecule has 0 atom stereocenters. The zero-order chi connectivity index (χ0) is 18.8. The van der Waals surface area contributed by atoms with E-state index in [9.17, 15) is 10.1 Å². The van der Waals surface area contributed by atoms with Gasteiger partial charge in [-0.25, -0.2) is 4.79 Å². The second-order valence-corrected chi connectivity index (χ2v) is 7.44. The number of anilines is 1. The van der Waals surface area contributed by atoms with Gasteiger partial charge in [0, 0.05) is 34.5 Å². The van der Waals surface area contributed by atoms with E-state index >= 15 is 0 Å². The lowest BCUT2D eigenvalue weighted by molar-refractivity contribution is -0.132. The molecular formula is C20H20N2O3S. The van der Waals surface area contributed by atoms with Crippen LogP contribution in [0.4, 0.5) is 5.69 Å². The first-order valence-corrected chi connectivity index (χ1v) is 9.26. The predicted molar refractivity (Wildman–Crippen MR) is 103 cm³/mol. The van der Waals surface area contributed by atoms with Crippen LogP contribution in [-0.4, -0.2) is 24.2 Å². The molecule has 1 aliphatic heterocycles. The van der Waals surface area contributed by atoms with Crippen LogP contribution in [0, 0.1) is 11.3 Å². The molecule has 0 amide bonds. The summed E-state index contributed by atoms with van der Waals surface area (Å²) in [6.45, 7) is 8.45. The lowest BCUT2D eigenvalue weighted by Crippen LogP contribution is -2.12. The van der Waals surface area contributed by atoms with Gasteiger partial charge in [0.15, 0.2) is 0 Å². The van der Waals surface area contributed by atoms with Crippen molar-refractivity contribution in [3.05, 3.63) is 46.4 Å². The molecule has 5 nitrogen and oxygen atoms in total. The van der Waals surface area contributed by atoms with E-state index in [1.807, 2.05) is 6.07 Å². The van der Waals surface area contributed by atoms with Crippen LogP contribution >= 0.6 is 11.3 Å². The molecule has 1 aromatic heterocycles. The summed E-state index contributed by atoms with van der Waals surface area (Å²) >= 11 is 1.65. The van der Waals surface area contributed by atoms with Gasteiger partial charge in [0.05, 0.1) is 17.9 Å². The molecule has 0 bridgehead atoms. The highest BCUT2D eigenvalue weighted by molar-refractivity contribution is 7.13. The van der Waals surface area contributed by atoms with Gasteiger partial charge in [-0.3, -0.25) is 0 Å². The van der Waals surface area contributed by atoms with E-state index in [1.54, 1.807) is 11.3 Å². The first-order valence-electron chi connectivity index (χ1n) is 8.38. The van der Waals surface area contributed by atoms with Crippen LogP contribution in [0.25, 0.3) is 10.4 Å². The number of fused-ring (bicyclic) bond motifs is 1. The standard InChI is InChI=1S/C20H20N2O3S/c1-11(2)13-6-18(26-10-13)15-7-17(22-9-12(3)20(23)24)16(8-21)14-4-5-25-19(14)15/h6-7,10-11,22H,3-5,9H2,1-2H3,(H,23,24). The van der Waals surface area contributed by atoms with Gasteiger partial charge in [-0.05, 0) is 29.0 Å². The van der Waals surface area contributed by atoms with Crippen LogP contribution in [0.5, 0.6) is 5.75 Å². The summed E-state index contributed by atoms with van der Waals surface area (Å²) < 4.78 is 5.83. The highest BCUT2D eigenvalue weighted by atomic mass is 32.1. The summed E-state index contributed by atoms with van der Waals surface area (Å²) in [6.07, 6.45) is 0.670. The van der Waals surface area contributed by atoms with Crippen molar-refractivity contribution in [2.45, 2.75) is 26.2 Å². The molecule has 2 N–H and O–H groups in total. The van der Waals surface area contributed by atoms with E-state index in [4.69, 9.17) is 9.84 Å². The summed E-state index contributed by atoms with van der Waals surface area (Å²) in [5.74, 6) is 0.144.